The van der Waals surface area contributed by atoms with E-state index in [1.807, 2.05) is 60.7 Å². The highest BCUT2D eigenvalue weighted by Crippen LogP contribution is 2.31. The number of nitro groups is 1. The number of likely N-dealkylation sites (tertiary alicyclic amines) is 1. The minimum absolute atomic E-state index is 0.148. The van der Waals surface area contributed by atoms with Gasteiger partial charge in [-0.25, -0.2) is 13.1 Å². The molecule has 0 aromatic heterocycles. The molecule has 2 heterocycles. The van der Waals surface area contributed by atoms with Crippen molar-refractivity contribution in [3.63, 3.8) is 0 Å². The van der Waals surface area contributed by atoms with E-state index in [0.29, 0.717) is 30.0 Å². The highest BCUT2D eigenvalue weighted by molar-refractivity contribution is 7.99. The zero-order valence-corrected chi connectivity index (χ0v) is 35.5. The lowest BCUT2D eigenvalue weighted by atomic mass is 9.99. The van der Waals surface area contributed by atoms with Crippen molar-refractivity contribution in [1.82, 2.24) is 14.5 Å². The van der Waals surface area contributed by atoms with Gasteiger partial charge < -0.3 is 20.2 Å². The molecule has 7 rings (SSSR count). The van der Waals surface area contributed by atoms with E-state index in [-0.39, 0.29) is 28.3 Å². The van der Waals surface area contributed by atoms with Crippen LogP contribution in [0.5, 0.6) is 0 Å². The van der Waals surface area contributed by atoms with E-state index in [4.69, 9.17) is 11.6 Å². The van der Waals surface area contributed by atoms with Crippen molar-refractivity contribution < 1.29 is 23.2 Å². The number of amides is 1. The Morgan fingerprint density at radius 3 is 2.23 bits per heavy atom. The van der Waals surface area contributed by atoms with Gasteiger partial charge in [0.25, 0.3) is 21.6 Å². The molecule has 2 aliphatic heterocycles. The Bertz CT molecular complexity index is 2340. The molecule has 0 spiro atoms. The van der Waals surface area contributed by atoms with E-state index >= 15 is 0 Å². The molecule has 60 heavy (non-hydrogen) atoms. The summed E-state index contributed by atoms with van der Waals surface area (Å²) < 4.78 is 29.0. The number of carbonyl (C=O) groups excluding carboxylic acids is 1. The topological polar surface area (TPSA) is 148 Å². The predicted octanol–water partition coefficient (Wildman–Crippen LogP) is 7.78. The second kappa shape index (κ2) is 20.1. The van der Waals surface area contributed by atoms with Crippen LogP contribution in [0.15, 0.2) is 131 Å². The van der Waals surface area contributed by atoms with Gasteiger partial charge in [0.1, 0.15) is 5.69 Å². The van der Waals surface area contributed by atoms with Crippen LogP contribution in [-0.4, -0.2) is 97.9 Å². The number of piperidine rings is 1. The summed E-state index contributed by atoms with van der Waals surface area (Å²) in [4.78, 5) is 32.5. The highest BCUT2D eigenvalue weighted by Gasteiger charge is 2.26. The number of nitrogens with one attached hydrogen (secondary N) is 2. The van der Waals surface area contributed by atoms with E-state index in [1.165, 1.54) is 23.3 Å². The zero-order valence-electron chi connectivity index (χ0n) is 33.2. The van der Waals surface area contributed by atoms with Crippen LogP contribution in [0.4, 0.5) is 17.1 Å². The summed E-state index contributed by atoms with van der Waals surface area (Å²) in [6.07, 6.45) is 1.82. The fourth-order valence-electron chi connectivity index (χ4n) is 7.60. The fraction of sp³-hybridized carbons (Fsp3) is 0.311. The third-order valence-corrected chi connectivity index (χ3v) is 13.8. The number of aliphatic hydroxyl groups is 1. The predicted molar refractivity (Wildman–Crippen MR) is 239 cm³/mol. The molecule has 1 atom stereocenters. The van der Waals surface area contributed by atoms with Crippen molar-refractivity contribution in [2.75, 3.05) is 61.8 Å². The Morgan fingerprint density at radius 2 is 1.53 bits per heavy atom. The van der Waals surface area contributed by atoms with Gasteiger partial charge in [0.2, 0.25) is 0 Å². The molecule has 0 unspecified atom stereocenters. The highest BCUT2D eigenvalue weighted by atomic mass is 35.5. The number of nitro benzene ring substituents is 1. The van der Waals surface area contributed by atoms with Gasteiger partial charge in [-0.3, -0.25) is 19.8 Å². The first-order chi connectivity index (χ1) is 29.0. The molecular weight excluding hydrogens is 820 g/mol. The summed E-state index contributed by atoms with van der Waals surface area (Å²) in [6, 6.07) is 36.4. The fourth-order valence-corrected chi connectivity index (χ4v) is 9.71. The molecule has 15 heteroatoms. The molecule has 12 nitrogen and oxygen atoms in total. The van der Waals surface area contributed by atoms with E-state index in [1.54, 1.807) is 36.0 Å². The number of sulfonamides is 1. The first-order valence-electron chi connectivity index (χ1n) is 20.1. The third-order valence-electron chi connectivity index (χ3n) is 11.0. The summed E-state index contributed by atoms with van der Waals surface area (Å²) in [6.45, 7) is 6.35. The summed E-state index contributed by atoms with van der Waals surface area (Å²) in [5.74, 6) is -0.220. The number of aliphatic hydroxyl groups excluding tert-OH is 1. The summed E-state index contributed by atoms with van der Waals surface area (Å²) in [5, 5.41) is 26.3. The molecule has 5 aromatic rings. The van der Waals surface area contributed by atoms with Crippen LogP contribution in [0, 0.1) is 10.1 Å². The number of benzene rings is 5. The first kappa shape index (κ1) is 43.1. The normalized spacial score (nSPS) is 16.0. The Kier molecular flexibility index (Phi) is 14.4. The monoisotopic (exact) mass is 868 g/mol. The van der Waals surface area contributed by atoms with Crippen LogP contribution >= 0.6 is 23.4 Å². The summed E-state index contributed by atoms with van der Waals surface area (Å²) in [5.41, 5.74) is 4.40. The van der Waals surface area contributed by atoms with E-state index in [2.05, 4.69) is 42.9 Å². The van der Waals surface area contributed by atoms with Gasteiger partial charge in [0, 0.05) is 91.4 Å². The van der Waals surface area contributed by atoms with Gasteiger partial charge >= 0.3 is 0 Å². The molecule has 1 amide bonds. The number of nitrogens with zero attached hydrogens (tertiary/aromatic N) is 4. The van der Waals surface area contributed by atoms with Crippen molar-refractivity contribution in [3.8, 4) is 11.1 Å². The van der Waals surface area contributed by atoms with Crippen molar-refractivity contribution >= 4 is 56.4 Å². The lowest BCUT2D eigenvalue weighted by Gasteiger charge is -2.36. The maximum atomic E-state index is 13.5. The van der Waals surface area contributed by atoms with Gasteiger partial charge in [-0.15, -0.1) is 11.8 Å². The van der Waals surface area contributed by atoms with Gasteiger partial charge in [0.15, 0.2) is 0 Å². The van der Waals surface area contributed by atoms with E-state index in [9.17, 15) is 28.4 Å². The molecule has 2 aliphatic rings. The molecule has 0 radical (unpaired) electrons. The quantitative estimate of drug-likeness (QED) is 0.0508. The van der Waals surface area contributed by atoms with Crippen molar-refractivity contribution in [1.29, 1.82) is 0 Å². The third kappa shape index (κ3) is 11.4. The van der Waals surface area contributed by atoms with Gasteiger partial charge in [-0.2, -0.15) is 0 Å². The van der Waals surface area contributed by atoms with Crippen LogP contribution in [0.3, 0.4) is 0 Å². The minimum Gasteiger partial charge on any atom is -0.393 e. The van der Waals surface area contributed by atoms with Crippen LogP contribution < -0.4 is 14.9 Å². The van der Waals surface area contributed by atoms with Gasteiger partial charge in [-0.1, -0.05) is 66.2 Å². The molecule has 314 valence electrons. The number of anilines is 2. The lowest BCUT2D eigenvalue weighted by molar-refractivity contribution is -0.384. The molecule has 5 aromatic carbocycles. The van der Waals surface area contributed by atoms with Crippen LogP contribution in [0.1, 0.15) is 35.2 Å². The molecule has 2 fully saturated rings. The minimum atomic E-state index is -4.45. The number of hydrogen-bond donors (Lipinski definition) is 3. The molecule has 0 bridgehead atoms. The average molecular weight is 870 g/mol. The molecule has 3 N–H and O–H groups in total. The molecular formula is C45H49ClN6O6S2. The van der Waals surface area contributed by atoms with E-state index in [0.717, 1.165) is 74.6 Å². The first-order valence-corrected chi connectivity index (χ1v) is 23.0. The Hall–Kier alpha value is -4.96. The van der Waals surface area contributed by atoms with Crippen LogP contribution in [0.2, 0.25) is 5.02 Å². The number of thioether (sulfide) groups is 1. The van der Waals surface area contributed by atoms with Gasteiger partial charge in [0.05, 0.1) is 15.9 Å². The van der Waals surface area contributed by atoms with Crippen LogP contribution in [0.25, 0.3) is 11.1 Å². The van der Waals surface area contributed by atoms with Crippen molar-refractivity contribution in [2.24, 2.45) is 0 Å². The number of carbonyl (C=O) groups is 1. The second-order valence-electron chi connectivity index (χ2n) is 15.2. The summed E-state index contributed by atoms with van der Waals surface area (Å²) in [7, 11) is -4.45. The van der Waals surface area contributed by atoms with Crippen LogP contribution in [-0.2, 0) is 16.6 Å². The number of rotatable bonds is 16. The maximum Gasteiger partial charge on any atom is 0.293 e. The molecule has 2 saturated heterocycles. The lowest BCUT2D eigenvalue weighted by Crippen LogP contribution is -2.46. The smallest absolute Gasteiger partial charge is 0.293 e. The number of piperazine rings is 1. The van der Waals surface area contributed by atoms with E-state index < -0.39 is 26.5 Å². The largest absolute Gasteiger partial charge is 0.393 e. The standard InChI is InChI=1S/C45H49ClN6O6S2/c46-36-14-10-33(11-15-36)42-9-5-4-6-35(42)31-50-26-28-51(29-27-50)38-16-12-34(13-17-38)45(54)48-60(57,58)41-18-19-43(44(30-41)52(55)56)47-37(32-59-40-7-2-1-3-8-40)20-23-49-24-21-39(53)22-25-49/h1-19,30,37,39,47,53H,20-29,31-32H2,(H,48,54)/t37-/m1/s1. The SMILES string of the molecule is O=C(NS(=O)(=O)c1ccc(N[C@H](CCN2CCC(O)CC2)CSc2ccccc2)c([N+](=O)[O-])c1)c1ccc(N2CCN(Cc3ccccc3-c3ccc(Cl)cc3)CC2)cc1. The number of hydrogen-bond acceptors (Lipinski definition) is 11. The maximum absolute atomic E-state index is 13.5. The Labute approximate surface area is 360 Å². The number of halogens is 1. The molecule has 0 aliphatic carbocycles. The second-order valence-corrected chi connectivity index (χ2v) is 18.4. The Morgan fingerprint density at radius 1 is 0.850 bits per heavy atom. The van der Waals surface area contributed by atoms with Gasteiger partial charge in [-0.05, 0) is 96.6 Å². The average Bonchev–Trinajstić information content (AvgIpc) is 3.26. The molecule has 0 saturated carbocycles. The zero-order chi connectivity index (χ0) is 42.1. The van der Waals surface area contributed by atoms with Crippen molar-refractivity contribution in [3.05, 3.63) is 148 Å². The van der Waals surface area contributed by atoms with Crippen molar-refractivity contribution in [2.45, 2.75) is 47.7 Å². The summed E-state index contributed by atoms with van der Waals surface area (Å²) >= 11 is 7.75. The Balaban J connectivity index is 0.958.